The number of hydrogen-bond donors (Lipinski definition) is 0. The predicted molar refractivity (Wildman–Crippen MR) is 70.7 cm³/mol. The van der Waals surface area contributed by atoms with E-state index < -0.39 is 16.4 Å². The molecule has 0 aliphatic rings. The van der Waals surface area contributed by atoms with Crippen LogP contribution in [0.4, 0.5) is 0 Å². The van der Waals surface area contributed by atoms with Crippen LogP contribution in [0.3, 0.4) is 0 Å². The van der Waals surface area contributed by atoms with Crippen LogP contribution in [-0.4, -0.2) is 16.4 Å². The third kappa shape index (κ3) is 5.65. The highest BCUT2D eigenvalue weighted by molar-refractivity contribution is 6.83. The zero-order valence-electron chi connectivity index (χ0n) is 11.1. The Morgan fingerprint density at radius 3 is 1.64 bits per heavy atom. The molecule has 1 nitrogen and oxygen atoms in total. The van der Waals surface area contributed by atoms with Gasteiger partial charge in [-0.25, -0.2) is 0 Å². The van der Waals surface area contributed by atoms with Crippen molar-refractivity contribution in [1.82, 2.24) is 0 Å². The minimum absolute atomic E-state index is 0.623. The second-order valence-electron chi connectivity index (χ2n) is 6.21. The average Bonchev–Trinajstić information content (AvgIpc) is 1.79. The van der Waals surface area contributed by atoms with E-state index in [-0.39, 0.29) is 0 Å². The van der Waals surface area contributed by atoms with Crippen LogP contribution in [-0.2, 0) is 4.43 Å². The molecule has 0 radical (unpaired) electrons. The molecule has 0 aromatic heterocycles. The standard InChI is InChI=1S/C11H26OSi2/c1-10(2)11(13(3,4)5)9-12-14(6,7)8/h9-10H,1-8H3/b11-9-. The zero-order chi connectivity index (χ0) is 11.6. The lowest BCUT2D eigenvalue weighted by Gasteiger charge is -2.26. The van der Waals surface area contributed by atoms with Gasteiger partial charge in [0.2, 0.25) is 8.32 Å². The van der Waals surface area contributed by atoms with Gasteiger partial charge in [-0.15, -0.1) is 0 Å². The maximum atomic E-state index is 5.89. The molecule has 0 aromatic carbocycles. The van der Waals surface area contributed by atoms with Crippen molar-refractivity contribution < 1.29 is 4.43 Å². The number of allylic oxidation sites excluding steroid dienone is 1. The molecule has 0 aliphatic carbocycles. The van der Waals surface area contributed by atoms with Crippen LogP contribution in [0.2, 0.25) is 39.3 Å². The second-order valence-corrected chi connectivity index (χ2v) is 15.7. The molecular formula is C11H26OSi2. The van der Waals surface area contributed by atoms with Gasteiger partial charge in [-0.3, -0.25) is 0 Å². The fourth-order valence-electron chi connectivity index (χ4n) is 1.42. The van der Waals surface area contributed by atoms with Crippen molar-refractivity contribution in [3.63, 3.8) is 0 Å². The van der Waals surface area contributed by atoms with Crippen LogP contribution < -0.4 is 0 Å². The predicted octanol–water partition coefficient (Wildman–Crippen LogP) is 4.26. The van der Waals surface area contributed by atoms with Gasteiger partial charge < -0.3 is 4.43 Å². The first-order chi connectivity index (χ1) is 6.04. The van der Waals surface area contributed by atoms with E-state index in [0.29, 0.717) is 5.92 Å². The van der Waals surface area contributed by atoms with Crippen LogP contribution in [0.1, 0.15) is 13.8 Å². The maximum Gasteiger partial charge on any atom is 0.241 e. The first-order valence-electron chi connectivity index (χ1n) is 5.42. The van der Waals surface area contributed by atoms with Gasteiger partial charge in [0.15, 0.2) is 0 Å². The van der Waals surface area contributed by atoms with E-state index in [1.54, 1.807) is 5.20 Å². The first kappa shape index (κ1) is 14.0. The molecule has 3 heteroatoms. The van der Waals surface area contributed by atoms with Gasteiger partial charge >= 0.3 is 0 Å². The normalized spacial score (nSPS) is 14.8. The van der Waals surface area contributed by atoms with Crippen molar-refractivity contribution in [3.05, 3.63) is 11.5 Å². The van der Waals surface area contributed by atoms with E-state index in [4.69, 9.17) is 4.43 Å². The molecule has 0 N–H and O–H groups in total. The smallest absolute Gasteiger partial charge is 0.241 e. The summed E-state index contributed by atoms with van der Waals surface area (Å²) in [5.74, 6) is 0.623. The Morgan fingerprint density at radius 1 is 1.00 bits per heavy atom. The Kier molecular flexibility index (Phi) is 4.65. The number of hydrogen-bond acceptors (Lipinski definition) is 1. The summed E-state index contributed by atoms with van der Waals surface area (Å²) in [4.78, 5) is 0. The zero-order valence-corrected chi connectivity index (χ0v) is 13.1. The largest absolute Gasteiger partial charge is 0.550 e. The summed E-state index contributed by atoms with van der Waals surface area (Å²) in [6, 6.07) is 0. The molecular weight excluding hydrogens is 204 g/mol. The van der Waals surface area contributed by atoms with Gasteiger partial charge in [0.05, 0.1) is 14.3 Å². The summed E-state index contributed by atoms with van der Waals surface area (Å²) in [6.45, 7) is 18.4. The Hall–Kier alpha value is -0.0262. The van der Waals surface area contributed by atoms with E-state index in [1.165, 1.54) is 0 Å². The van der Waals surface area contributed by atoms with Crippen molar-refractivity contribution in [2.45, 2.75) is 53.1 Å². The van der Waals surface area contributed by atoms with E-state index in [2.05, 4.69) is 59.4 Å². The summed E-state index contributed by atoms with van der Waals surface area (Å²) in [5.41, 5.74) is 0. The van der Waals surface area contributed by atoms with Crippen LogP contribution >= 0.6 is 0 Å². The van der Waals surface area contributed by atoms with Crippen molar-refractivity contribution in [2.75, 3.05) is 0 Å². The van der Waals surface area contributed by atoms with E-state index in [1.807, 2.05) is 0 Å². The molecule has 0 fully saturated rings. The summed E-state index contributed by atoms with van der Waals surface area (Å²) >= 11 is 0. The Morgan fingerprint density at radius 2 is 1.43 bits per heavy atom. The highest BCUT2D eigenvalue weighted by Gasteiger charge is 2.24. The van der Waals surface area contributed by atoms with E-state index in [9.17, 15) is 0 Å². The quantitative estimate of drug-likeness (QED) is 0.518. The molecule has 0 aromatic rings. The third-order valence-electron chi connectivity index (χ3n) is 2.03. The monoisotopic (exact) mass is 230 g/mol. The molecule has 0 atom stereocenters. The van der Waals surface area contributed by atoms with Crippen molar-refractivity contribution >= 4 is 16.4 Å². The SMILES string of the molecule is CC(C)/C(=C/O[Si](C)(C)C)[Si](C)(C)C. The molecule has 0 spiro atoms. The molecule has 0 amide bonds. The van der Waals surface area contributed by atoms with Gasteiger partial charge in [0, 0.05) is 0 Å². The number of rotatable bonds is 4. The van der Waals surface area contributed by atoms with Crippen LogP contribution in [0.5, 0.6) is 0 Å². The van der Waals surface area contributed by atoms with Crippen LogP contribution in [0.15, 0.2) is 11.5 Å². The second kappa shape index (κ2) is 4.66. The van der Waals surface area contributed by atoms with E-state index in [0.717, 1.165) is 0 Å². The Labute approximate surface area is 91.7 Å². The third-order valence-corrected chi connectivity index (χ3v) is 5.28. The lowest BCUT2D eigenvalue weighted by molar-refractivity contribution is 0.470. The molecule has 84 valence electrons. The molecule has 0 saturated carbocycles. The molecule has 0 unspecified atom stereocenters. The molecule has 0 bridgehead atoms. The van der Waals surface area contributed by atoms with Gasteiger partial charge in [-0.2, -0.15) is 0 Å². The van der Waals surface area contributed by atoms with Gasteiger partial charge in [0.25, 0.3) is 0 Å². The van der Waals surface area contributed by atoms with Gasteiger partial charge in [-0.05, 0) is 30.8 Å². The Bertz CT molecular complexity index is 206. The van der Waals surface area contributed by atoms with Crippen molar-refractivity contribution in [1.29, 1.82) is 0 Å². The summed E-state index contributed by atoms with van der Waals surface area (Å²) in [7, 11) is -2.59. The first-order valence-corrected chi connectivity index (χ1v) is 12.3. The van der Waals surface area contributed by atoms with E-state index >= 15 is 0 Å². The lowest BCUT2D eigenvalue weighted by atomic mass is 10.2. The molecule has 14 heavy (non-hydrogen) atoms. The minimum Gasteiger partial charge on any atom is -0.550 e. The van der Waals surface area contributed by atoms with Gasteiger partial charge in [-0.1, -0.05) is 33.5 Å². The van der Waals surface area contributed by atoms with Crippen molar-refractivity contribution in [2.24, 2.45) is 5.92 Å². The molecule has 0 saturated heterocycles. The van der Waals surface area contributed by atoms with Crippen molar-refractivity contribution in [3.8, 4) is 0 Å². The minimum atomic E-state index is -1.40. The Balaban J connectivity index is 4.69. The highest BCUT2D eigenvalue weighted by Crippen LogP contribution is 2.23. The highest BCUT2D eigenvalue weighted by atomic mass is 28.4. The summed E-state index contributed by atoms with van der Waals surface area (Å²) in [5, 5.41) is 1.54. The summed E-state index contributed by atoms with van der Waals surface area (Å²) < 4.78 is 5.89. The van der Waals surface area contributed by atoms with Crippen LogP contribution in [0.25, 0.3) is 0 Å². The summed E-state index contributed by atoms with van der Waals surface area (Å²) in [6.07, 6.45) is 2.07. The lowest BCUT2D eigenvalue weighted by Crippen LogP contribution is -2.30. The topological polar surface area (TPSA) is 9.23 Å². The fourth-order valence-corrected chi connectivity index (χ4v) is 4.16. The van der Waals surface area contributed by atoms with Gasteiger partial charge in [0.1, 0.15) is 0 Å². The van der Waals surface area contributed by atoms with Crippen LogP contribution in [0, 0.1) is 5.92 Å². The average molecular weight is 230 g/mol. The maximum absolute atomic E-state index is 5.89. The molecule has 0 aliphatic heterocycles. The molecule has 0 heterocycles. The fraction of sp³-hybridized carbons (Fsp3) is 0.818. The molecule has 0 rings (SSSR count).